The van der Waals surface area contributed by atoms with Crippen LogP contribution in [0.3, 0.4) is 0 Å². The van der Waals surface area contributed by atoms with Crippen LogP contribution in [0.1, 0.15) is 17.3 Å². The van der Waals surface area contributed by atoms with Gasteiger partial charge in [-0.05, 0) is 59.8 Å². The van der Waals surface area contributed by atoms with Crippen LogP contribution >= 0.6 is 22.6 Å². The number of anilines is 1. The Bertz CT molecular complexity index is 639. The minimum absolute atomic E-state index is 0.0163. The molecule has 0 unspecified atom stereocenters. The molecule has 2 rings (SSSR count). The molecule has 0 saturated heterocycles. The van der Waals surface area contributed by atoms with Crippen LogP contribution in [0.25, 0.3) is 0 Å². The second-order valence-corrected chi connectivity index (χ2v) is 5.62. The van der Waals surface area contributed by atoms with Gasteiger partial charge in [0.05, 0.1) is 5.56 Å². The van der Waals surface area contributed by atoms with E-state index in [0.717, 1.165) is 9.26 Å². The fraction of sp³-hybridized carbons (Fsp3) is 0.133. The summed E-state index contributed by atoms with van der Waals surface area (Å²) in [4.78, 5) is 23.2. The number of rotatable bonds is 4. The van der Waals surface area contributed by atoms with Gasteiger partial charge in [0.1, 0.15) is 0 Å². The van der Waals surface area contributed by atoms with Crippen molar-refractivity contribution >= 4 is 40.0 Å². The number of nitrogens with one attached hydrogen (secondary N) is 1. The maximum absolute atomic E-state index is 11.9. The van der Waals surface area contributed by atoms with E-state index in [1.54, 1.807) is 29.1 Å². The molecule has 0 aliphatic carbocycles. The number of halogens is 1. The molecule has 1 amide bonds. The minimum atomic E-state index is -0.128. The first-order valence-electron chi connectivity index (χ1n) is 6.10. The zero-order valence-corrected chi connectivity index (χ0v) is 13.1. The van der Waals surface area contributed by atoms with Crippen LogP contribution in [-0.2, 0) is 11.3 Å². The summed E-state index contributed by atoms with van der Waals surface area (Å²) < 4.78 is 2.81. The Morgan fingerprint density at radius 2 is 1.90 bits per heavy atom. The Hall–Kier alpha value is -1.76. The highest BCUT2D eigenvalue weighted by atomic mass is 127. The third-order valence-electron chi connectivity index (χ3n) is 2.72. The number of pyridine rings is 1. The molecular weight excluding hydrogens is 367 g/mol. The van der Waals surface area contributed by atoms with E-state index in [4.69, 9.17) is 0 Å². The SMILES string of the molecule is CC(=O)c1ccc[n+](CC(=O)Nc2ccc(I)cc2)c1. The lowest BCUT2D eigenvalue weighted by molar-refractivity contribution is -0.684. The summed E-state index contributed by atoms with van der Waals surface area (Å²) in [7, 11) is 0. The number of benzene rings is 1. The van der Waals surface area contributed by atoms with Crippen molar-refractivity contribution < 1.29 is 14.2 Å². The molecule has 4 nitrogen and oxygen atoms in total. The van der Waals surface area contributed by atoms with Crippen molar-refractivity contribution in [2.75, 3.05) is 5.32 Å². The van der Waals surface area contributed by atoms with E-state index in [1.165, 1.54) is 6.92 Å². The van der Waals surface area contributed by atoms with Crippen LogP contribution in [0.4, 0.5) is 5.69 Å². The molecule has 0 aliphatic heterocycles. The average molecular weight is 381 g/mol. The highest BCUT2D eigenvalue weighted by molar-refractivity contribution is 14.1. The monoisotopic (exact) mass is 381 g/mol. The fourth-order valence-corrected chi connectivity index (χ4v) is 2.09. The smallest absolute Gasteiger partial charge is 0.290 e. The minimum Gasteiger partial charge on any atom is -0.321 e. The molecular formula is C15H14IN2O2+. The molecule has 0 spiro atoms. The molecule has 0 atom stereocenters. The van der Waals surface area contributed by atoms with Crippen molar-refractivity contribution in [3.8, 4) is 0 Å². The molecule has 1 heterocycles. The van der Waals surface area contributed by atoms with Crippen LogP contribution in [0.15, 0.2) is 48.8 Å². The molecule has 1 aromatic carbocycles. The molecule has 0 bridgehead atoms. The molecule has 1 N–H and O–H groups in total. The number of aromatic nitrogens is 1. The Kier molecular flexibility index (Phi) is 4.84. The van der Waals surface area contributed by atoms with Gasteiger partial charge in [0, 0.05) is 15.3 Å². The highest BCUT2D eigenvalue weighted by Crippen LogP contribution is 2.10. The largest absolute Gasteiger partial charge is 0.321 e. The van der Waals surface area contributed by atoms with Crippen molar-refractivity contribution in [3.05, 3.63) is 57.9 Å². The van der Waals surface area contributed by atoms with E-state index in [0.29, 0.717) is 5.56 Å². The number of hydrogen-bond acceptors (Lipinski definition) is 2. The third kappa shape index (κ3) is 4.12. The van der Waals surface area contributed by atoms with E-state index >= 15 is 0 Å². The van der Waals surface area contributed by atoms with Gasteiger partial charge in [0.15, 0.2) is 18.2 Å². The van der Waals surface area contributed by atoms with Gasteiger partial charge in [-0.3, -0.25) is 9.59 Å². The molecule has 0 radical (unpaired) electrons. The average Bonchev–Trinajstić information content (AvgIpc) is 2.41. The lowest BCUT2D eigenvalue weighted by atomic mass is 10.2. The van der Waals surface area contributed by atoms with Crippen molar-refractivity contribution in [2.24, 2.45) is 0 Å². The summed E-state index contributed by atoms with van der Waals surface area (Å²) in [5, 5.41) is 2.82. The zero-order valence-electron chi connectivity index (χ0n) is 11.0. The van der Waals surface area contributed by atoms with Crippen LogP contribution < -0.4 is 9.88 Å². The molecule has 2 aromatic rings. The van der Waals surface area contributed by atoms with Crippen molar-refractivity contribution in [3.63, 3.8) is 0 Å². The second-order valence-electron chi connectivity index (χ2n) is 4.38. The fourth-order valence-electron chi connectivity index (χ4n) is 1.73. The zero-order chi connectivity index (χ0) is 14.5. The lowest BCUT2D eigenvalue weighted by Crippen LogP contribution is -2.40. The van der Waals surface area contributed by atoms with Gasteiger partial charge in [-0.15, -0.1) is 0 Å². The van der Waals surface area contributed by atoms with Gasteiger partial charge in [-0.25, -0.2) is 0 Å². The van der Waals surface area contributed by atoms with Gasteiger partial charge in [0.25, 0.3) is 5.91 Å². The van der Waals surface area contributed by atoms with Gasteiger partial charge in [0.2, 0.25) is 6.54 Å². The Morgan fingerprint density at radius 1 is 1.20 bits per heavy atom. The predicted molar refractivity (Wildman–Crippen MR) is 84.4 cm³/mol. The van der Waals surface area contributed by atoms with Crippen LogP contribution in [0.5, 0.6) is 0 Å². The molecule has 0 fully saturated rings. The molecule has 5 heteroatoms. The summed E-state index contributed by atoms with van der Waals surface area (Å²) in [5.41, 5.74) is 1.35. The highest BCUT2D eigenvalue weighted by Gasteiger charge is 2.11. The standard InChI is InChI=1S/C15H13IN2O2/c1-11(19)12-3-2-8-18(9-12)10-15(20)17-14-6-4-13(16)5-7-14/h2-9H,10H2,1H3/p+1. The van der Waals surface area contributed by atoms with Gasteiger partial charge < -0.3 is 5.32 Å². The van der Waals surface area contributed by atoms with Crippen LogP contribution in [-0.4, -0.2) is 11.7 Å². The van der Waals surface area contributed by atoms with E-state index in [1.807, 2.05) is 24.3 Å². The molecule has 102 valence electrons. The maximum atomic E-state index is 11.9. The third-order valence-corrected chi connectivity index (χ3v) is 3.44. The first-order valence-corrected chi connectivity index (χ1v) is 7.18. The number of Topliss-reactive ketones (excluding diaryl/α,β-unsaturated/α-hetero) is 1. The first kappa shape index (κ1) is 14.6. The molecule has 20 heavy (non-hydrogen) atoms. The van der Waals surface area contributed by atoms with Crippen molar-refractivity contribution in [2.45, 2.75) is 13.5 Å². The summed E-state index contributed by atoms with van der Waals surface area (Å²) >= 11 is 2.21. The summed E-state index contributed by atoms with van der Waals surface area (Å²) in [6.07, 6.45) is 3.44. The van der Waals surface area contributed by atoms with E-state index in [2.05, 4.69) is 27.9 Å². The normalized spacial score (nSPS) is 10.1. The number of nitrogens with zero attached hydrogens (tertiary/aromatic N) is 1. The predicted octanol–water partition coefficient (Wildman–Crippen LogP) is 2.42. The number of carbonyl (C=O) groups excluding carboxylic acids is 2. The number of ketones is 1. The van der Waals surface area contributed by atoms with Crippen LogP contribution in [0, 0.1) is 3.57 Å². The summed E-state index contributed by atoms with van der Waals surface area (Å²) in [6, 6.07) is 11.1. The van der Waals surface area contributed by atoms with E-state index in [-0.39, 0.29) is 18.2 Å². The van der Waals surface area contributed by atoms with Crippen molar-refractivity contribution in [1.29, 1.82) is 0 Å². The first-order chi connectivity index (χ1) is 9.54. The van der Waals surface area contributed by atoms with Gasteiger partial charge >= 0.3 is 0 Å². The number of hydrogen-bond donors (Lipinski definition) is 1. The van der Waals surface area contributed by atoms with E-state index < -0.39 is 0 Å². The van der Waals surface area contributed by atoms with Gasteiger partial charge in [-0.1, -0.05) is 0 Å². The van der Waals surface area contributed by atoms with E-state index in [9.17, 15) is 9.59 Å². The lowest BCUT2D eigenvalue weighted by Gasteiger charge is -2.03. The quantitative estimate of drug-likeness (QED) is 0.503. The molecule has 0 aliphatic rings. The summed E-state index contributed by atoms with van der Waals surface area (Å²) in [5.74, 6) is -0.144. The topological polar surface area (TPSA) is 50.0 Å². The Morgan fingerprint density at radius 3 is 2.55 bits per heavy atom. The molecule has 0 saturated carbocycles. The second kappa shape index (κ2) is 6.60. The maximum Gasteiger partial charge on any atom is 0.290 e. The molecule has 1 aromatic heterocycles. The Labute approximate surface area is 131 Å². The Balaban J connectivity index is 2.02. The van der Waals surface area contributed by atoms with Crippen molar-refractivity contribution in [1.82, 2.24) is 0 Å². The number of carbonyl (C=O) groups is 2. The number of amides is 1. The summed E-state index contributed by atoms with van der Waals surface area (Å²) in [6.45, 7) is 1.68. The van der Waals surface area contributed by atoms with Crippen LogP contribution in [0.2, 0.25) is 0 Å². The van der Waals surface area contributed by atoms with Gasteiger partial charge in [-0.2, -0.15) is 4.57 Å².